The van der Waals surface area contributed by atoms with Gasteiger partial charge in [0.1, 0.15) is 17.6 Å². The maximum Gasteiger partial charge on any atom is 0.242 e. The highest BCUT2D eigenvalue weighted by atomic mass is 19.1. The molecule has 1 atom stereocenters. The SMILES string of the molecule is COc1ccc(CC(=O)N(Cc2ccc(F)cc2)[C@@H](C)C(=O)NC2CCCCC2)cc1. The van der Waals surface area contributed by atoms with Gasteiger partial charge in [0.25, 0.3) is 0 Å². The number of halogens is 1. The number of carbonyl (C=O) groups is 2. The Bertz CT molecular complexity index is 861. The Balaban J connectivity index is 1.74. The summed E-state index contributed by atoms with van der Waals surface area (Å²) in [6.07, 6.45) is 5.58. The molecule has 2 aromatic rings. The van der Waals surface area contributed by atoms with Crippen LogP contribution in [0.25, 0.3) is 0 Å². The van der Waals surface area contributed by atoms with Crippen LogP contribution in [0.15, 0.2) is 48.5 Å². The van der Waals surface area contributed by atoms with Gasteiger partial charge in [0.2, 0.25) is 11.8 Å². The van der Waals surface area contributed by atoms with E-state index in [-0.39, 0.29) is 36.6 Å². The topological polar surface area (TPSA) is 58.6 Å². The number of carbonyl (C=O) groups excluding carboxylic acids is 2. The summed E-state index contributed by atoms with van der Waals surface area (Å²) >= 11 is 0. The molecule has 1 fully saturated rings. The molecule has 5 nitrogen and oxygen atoms in total. The molecular formula is C25H31FN2O3. The Morgan fingerprint density at radius 3 is 2.26 bits per heavy atom. The maximum absolute atomic E-state index is 13.3. The summed E-state index contributed by atoms with van der Waals surface area (Å²) in [5.41, 5.74) is 1.62. The Hall–Kier alpha value is -2.89. The largest absolute Gasteiger partial charge is 0.497 e. The highest BCUT2D eigenvalue weighted by Gasteiger charge is 2.28. The molecule has 0 saturated heterocycles. The van der Waals surface area contributed by atoms with Crippen molar-refractivity contribution in [1.82, 2.24) is 10.2 Å². The van der Waals surface area contributed by atoms with Gasteiger partial charge in [-0.15, -0.1) is 0 Å². The van der Waals surface area contributed by atoms with E-state index >= 15 is 0 Å². The van der Waals surface area contributed by atoms with Crippen molar-refractivity contribution in [2.75, 3.05) is 7.11 Å². The van der Waals surface area contributed by atoms with Gasteiger partial charge in [0.05, 0.1) is 13.5 Å². The number of nitrogens with one attached hydrogen (secondary N) is 1. The molecule has 0 aromatic heterocycles. The van der Waals surface area contributed by atoms with Gasteiger partial charge in [-0.05, 0) is 55.2 Å². The summed E-state index contributed by atoms with van der Waals surface area (Å²) in [6, 6.07) is 12.9. The quantitative estimate of drug-likeness (QED) is 0.687. The number of amides is 2. The van der Waals surface area contributed by atoms with Crippen LogP contribution in [0.5, 0.6) is 5.75 Å². The standard InChI is InChI=1S/C25H31FN2O3/c1-18(25(30)27-22-6-4-3-5-7-22)28(17-20-8-12-21(26)13-9-20)24(29)16-19-10-14-23(31-2)15-11-19/h8-15,18,22H,3-7,16-17H2,1-2H3,(H,27,30)/t18-/m0/s1. The molecule has 31 heavy (non-hydrogen) atoms. The van der Waals surface area contributed by atoms with Crippen molar-refractivity contribution in [1.29, 1.82) is 0 Å². The minimum atomic E-state index is -0.627. The van der Waals surface area contributed by atoms with Crippen LogP contribution in [0, 0.1) is 5.82 Å². The summed E-state index contributed by atoms with van der Waals surface area (Å²) in [5.74, 6) is 0.0976. The number of benzene rings is 2. The smallest absolute Gasteiger partial charge is 0.242 e. The fourth-order valence-electron chi connectivity index (χ4n) is 3.96. The van der Waals surface area contributed by atoms with Gasteiger partial charge in [-0.25, -0.2) is 4.39 Å². The predicted molar refractivity (Wildman–Crippen MR) is 118 cm³/mol. The monoisotopic (exact) mass is 426 g/mol. The van der Waals surface area contributed by atoms with Crippen LogP contribution in [0.1, 0.15) is 50.2 Å². The fraction of sp³-hybridized carbons (Fsp3) is 0.440. The number of rotatable bonds is 8. The van der Waals surface area contributed by atoms with E-state index in [0.717, 1.165) is 42.6 Å². The predicted octanol–water partition coefficient (Wildman–Crippen LogP) is 4.24. The number of hydrogen-bond donors (Lipinski definition) is 1. The van der Waals surface area contributed by atoms with E-state index < -0.39 is 6.04 Å². The number of nitrogens with zero attached hydrogens (tertiary/aromatic N) is 1. The maximum atomic E-state index is 13.3. The van der Waals surface area contributed by atoms with E-state index in [2.05, 4.69) is 5.32 Å². The molecule has 0 spiro atoms. The van der Waals surface area contributed by atoms with Crippen LogP contribution in [-0.2, 0) is 22.6 Å². The summed E-state index contributed by atoms with van der Waals surface area (Å²) in [7, 11) is 1.59. The van der Waals surface area contributed by atoms with Gasteiger partial charge < -0.3 is 15.0 Å². The summed E-state index contributed by atoms with van der Waals surface area (Å²) in [5, 5.41) is 3.12. The molecule has 6 heteroatoms. The first kappa shape index (κ1) is 22.8. The molecule has 3 rings (SSSR count). The zero-order valence-electron chi connectivity index (χ0n) is 18.3. The van der Waals surface area contributed by atoms with Crippen molar-refractivity contribution >= 4 is 11.8 Å². The molecule has 0 heterocycles. The third kappa shape index (κ3) is 6.54. The van der Waals surface area contributed by atoms with Gasteiger partial charge in [-0.1, -0.05) is 43.5 Å². The lowest BCUT2D eigenvalue weighted by molar-refractivity contribution is -0.140. The zero-order chi connectivity index (χ0) is 22.2. The zero-order valence-corrected chi connectivity index (χ0v) is 18.3. The van der Waals surface area contributed by atoms with Gasteiger partial charge in [-0.2, -0.15) is 0 Å². The number of hydrogen-bond acceptors (Lipinski definition) is 3. The Morgan fingerprint density at radius 2 is 1.65 bits per heavy atom. The molecular weight excluding hydrogens is 395 g/mol. The van der Waals surface area contributed by atoms with Crippen molar-refractivity contribution in [3.63, 3.8) is 0 Å². The molecule has 1 N–H and O–H groups in total. The first-order chi connectivity index (χ1) is 15.0. The summed E-state index contributed by atoms with van der Waals surface area (Å²) in [4.78, 5) is 27.8. The van der Waals surface area contributed by atoms with Crippen LogP contribution in [0.2, 0.25) is 0 Å². The van der Waals surface area contributed by atoms with Crippen molar-refractivity contribution in [3.05, 3.63) is 65.5 Å². The van der Waals surface area contributed by atoms with Gasteiger partial charge >= 0.3 is 0 Å². The lowest BCUT2D eigenvalue weighted by Crippen LogP contribution is -2.50. The second-order valence-electron chi connectivity index (χ2n) is 8.19. The lowest BCUT2D eigenvalue weighted by atomic mass is 9.95. The molecule has 166 valence electrons. The molecule has 1 aliphatic carbocycles. The normalized spacial score (nSPS) is 15.2. The van der Waals surface area contributed by atoms with Gasteiger partial charge in [0.15, 0.2) is 0 Å². The number of ether oxygens (including phenoxy) is 1. The van der Waals surface area contributed by atoms with Crippen LogP contribution in [-0.4, -0.2) is 35.9 Å². The molecule has 0 bridgehead atoms. The third-order valence-electron chi connectivity index (χ3n) is 5.90. The summed E-state index contributed by atoms with van der Waals surface area (Å²) < 4.78 is 18.5. The fourth-order valence-corrected chi connectivity index (χ4v) is 3.96. The van der Waals surface area contributed by atoms with Gasteiger partial charge in [0, 0.05) is 12.6 Å². The average molecular weight is 427 g/mol. The highest BCUT2D eigenvalue weighted by Crippen LogP contribution is 2.19. The lowest BCUT2D eigenvalue weighted by Gasteiger charge is -2.31. The number of methoxy groups -OCH3 is 1. The molecule has 1 saturated carbocycles. The van der Waals surface area contributed by atoms with Crippen molar-refractivity contribution < 1.29 is 18.7 Å². The Labute approximate surface area is 183 Å². The Morgan fingerprint density at radius 1 is 1.03 bits per heavy atom. The van der Waals surface area contributed by atoms with E-state index in [1.165, 1.54) is 18.6 Å². The second kappa shape index (κ2) is 10.9. The van der Waals surface area contributed by atoms with Crippen LogP contribution in [0.3, 0.4) is 0 Å². The van der Waals surface area contributed by atoms with Crippen LogP contribution < -0.4 is 10.1 Å². The van der Waals surface area contributed by atoms with E-state index in [1.807, 2.05) is 24.3 Å². The third-order valence-corrected chi connectivity index (χ3v) is 5.90. The minimum absolute atomic E-state index is 0.142. The van der Waals surface area contributed by atoms with Crippen molar-refractivity contribution in [3.8, 4) is 5.75 Å². The van der Waals surface area contributed by atoms with Crippen LogP contribution >= 0.6 is 0 Å². The van der Waals surface area contributed by atoms with Gasteiger partial charge in [-0.3, -0.25) is 9.59 Å². The van der Waals surface area contributed by atoms with Crippen molar-refractivity contribution in [2.24, 2.45) is 0 Å². The molecule has 0 aliphatic heterocycles. The first-order valence-electron chi connectivity index (χ1n) is 10.9. The molecule has 2 aromatic carbocycles. The first-order valence-corrected chi connectivity index (χ1v) is 10.9. The summed E-state index contributed by atoms with van der Waals surface area (Å²) in [6.45, 7) is 2.00. The van der Waals surface area contributed by atoms with E-state index in [0.29, 0.717) is 0 Å². The average Bonchev–Trinajstić information content (AvgIpc) is 2.79. The van der Waals surface area contributed by atoms with Crippen molar-refractivity contribution in [2.45, 2.75) is 64.1 Å². The van der Waals surface area contributed by atoms with E-state index in [4.69, 9.17) is 4.74 Å². The molecule has 1 aliphatic rings. The van der Waals surface area contributed by atoms with E-state index in [9.17, 15) is 14.0 Å². The molecule has 0 radical (unpaired) electrons. The van der Waals surface area contributed by atoms with E-state index in [1.54, 1.807) is 31.1 Å². The van der Waals surface area contributed by atoms with Crippen LogP contribution in [0.4, 0.5) is 4.39 Å². The second-order valence-corrected chi connectivity index (χ2v) is 8.19. The minimum Gasteiger partial charge on any atom is -0.497 e. The Kier molecular flexibility index (Phi) is 8.04. The highest BCUT2D eigenvalue weighted by molar-refractivity contribution is 5.88. The molecule has 2 amide bonds. The molecule has 0 unspecified atom stereocenters.